The molecule has 0 aromatic carbocycles. The molecule has 1 rings (SSSR count). The summed E-state index contributed by atoms with van der Waals surface area (Å²) >= 11 is 0. The van der Waals surface area contributed by atoms with Crippen LogP contribution in [0.5, 0.6) is 0 Å². The van der Waals surface area contributed by atoms with E-state index in [1.54, 1.807) is 0 Å². The molecule has 1 aromatic heterocycles. The molecule has 0 unspecified atom stereocenters. The number of nitrogens with zero attached hydrogens (tertiary/aromatic N) is 3. The van der Waals surface area contributed by atoms with E-state index in [9.17, 15) is 14.4 Å². The predicted octanol–water partition coefficient (Wildman–Crippen LogP) is 0.978. The Morgan fingerprint density at radius 1 is 0.667 bits per heavy atom. The summed E-state index contributed by atoms with van der Waals surface area (Å²) in [6.07, 6.45) is 2.92. The maximum Gasteiger partial charge on any atom is 0.222 e. The second kappa shape index (κ2) is 5.53. The molecule has 1 aromatic rings. The van der Waals surface area contributed by atoms with Crippen molar-refractivity contribution in [2.24, 2.45) is 0 Å². The van der Waals surface area contributed by atoms with Crippen LogP contribution in [0.25, 0.3) is 0 Å². The van der Waals surface area contributed by atoms with Gasteiger partial charge in [-0.25, -0.2) is 15.0 Å². The zero-order valence-electron chi connectivity index (χ0n) is 9.42. The first-order valence-corrected chi connectivity index (χ1v) is 4.79. The number of aromatic nitrogens is 3. The van der Waals surface area contributed by atoms with Gasteiger partial charge in [-0.15, -0.1) is 0 Å². The minimum atomic E-state index is -0.617. The zero-order chi connectivity index (χ0) is 13.7. The van der Waals surface area contributed by atoms with Crippen molar-refractivity contribution in [1.82, 2.24) is 15.0 Å². The molecule has 0 saturated carbocycles. The smallest absolute Gasteiger partial charge is 0.222 e. The Morgan fingerprint density at radius 2 is 0.889 bits per heavy atom. The van der Waals surface area contributed by atoms with Gasteiger partial charge in [-0.05, 0) is 18.2 Å². The molecule has 18 heavy (non-hydrogen) atoms. The highest BCUT2D eigenvalue weighted by Crippen LogP contribution is 2.01. The number of hydrogen-bond donors (Lipinski definition) is 0. The molecule has 6 heteroatoms. The molecule has 0 aliphatic heterocycles. The van der Waals surface area contributed by atoms with Gasteiger partial charge in [0.1, 0.15) is 0 Å². The summed E-state index contributed by atoms with van der Waals surface area (Å²) in [5, 5.41) is 0. The molecule has 0 aliphatic carbocycles. The Balaban J connectivity index is 3.46. The minimum Gasteiger partial charge on any atom is -0.286 e. The number of hydrogen-bond acceptors (Lipinski definition) is 6. The van der Waals surface area contributed by atoms with Gasteiger partial charge in [0.15, 0.2) is 0 Å². The Hall–Kier alpha value is -2.76. The van der Waals surface area contributed by atoms with Crippen molar-refractivity contribution >= 4 is 17.3 Å². The first-order chi connectivity index (χ1) is 8.53. The molecule has 6 nitrogen and oxygen atoms in total. The van der Waals surface area contributed by atoms with Crippen LogP contribution >= 0.6 is 0 Å². The van der Waals surface area contributed by atoms with Gasteiger partial charge in [0.25, 0.3) is 0 Å². The highest BCUT2D eigenvalue weighted by Gasteiger charge is 2.17. The molecule has 0 bridgehead atoms. The molecule has 0 aliphatic rings. The molecule has 0 fully saturated rings. The standard InChI is InChI=1S/C12H9N3O3/c1-4-7(16)10-13-11(8(17)5-2)15-12(14-10)9(18)6-3/h4-6H,1-3H2. The lowest BCUT2D eigenvalue weighted by molar-refractivity contribution is 0.102. The number of allylic oxidation sites excluding steroid dienone is 3. The molecule has 90 valence electrons. The van der Waals surface area contributed by atoms with Gasteiger partial charge in [0, 0.05) is 0 Å². The van der Waals surface area contributed by atoms with Crippen molar-refractivity contribution in [3.05, 3.63) is 55.4 Å². The van der Waals surface area contributed by atoms with Crippen LogP contribution in [0.1, 0.15) is 31.9 Å². The van der Waals surface area contributed by atoms with E-state index in [-0.39, 0.29) is 17.5 Å². The van der Waals surface area contributed by atoms with Crippen LogP contribution in [0.3, 0.4) is 0 Å². The van der Waals surface area contributed by atoms with Crippen LogP contribution in [-0.2, 0) is 0 Å². The van der Waals surface area contributed by atoms with Gasteiger partial charge in [-0.3, -0.25) is 14.4 Å². The minimum absolute atomic E-state index is 0.324. The van der Waals surface area contributed by atoms with Crippen LogP contribution in [0.15, 0.2) is 38.0 Å². The van der Waals surface area contributed by atoms with Crippen molar-refractivity contribution in [3.8, 4) is 0 Å². The third-order valence-corrected chi connectivity index (χ3v) is 1.85. The summed E-state index contributed by atoms with van der Waals surface area (Å²) in [5.41, 5.74) is 0. The fourth-order valence-corrected chi connectivity index (χ4v) is 0.980. The predicted molar refractivity (Wildman–Crippen MR) is 63.4 cm³/mol. The molecule has 1 heterocycles. The number of rotatable bonds is 6. The van der Waals surface area contributed by atoms with Gasteiger partial charge in [0.05, 0.1) is 0 Å². The molecule has 0 atom stereocenters. The van der Waals surface area contributed by atoms with Crippen LogP contribution in [0.4, 0.5) is 0 Å². The highest BCUT2D eigenvalue weighted by atomic mass is 16.1. The average Bonchev–Trinajstić information content (AvgIpc) is 2.43. The third-order valence-electron chi connectivity index (χ3n) is 1.85. The van der Waals surface area contributed by atoms with Crippen molar-refractivity contribution in [2.45, 2.75) is 0 Å². The summed E-state index contributed by atoms with van der Waals surface area (Å²) in [6.45, 7) is 9.80. The average molecular weight is 243 g/mol. The fourth-order valence-electron chi connectivity index (χ4n) is 0.980. The molecule has 0 amide bonds. The number of carbonyl (C=O) groups excluding carboxylic acids is 3. The van der Waals surface area contributed by atoms with Crippen molar-refractivity contribution < 1.29 is 14.4 Å². The molecule has 0 radical (unpaired) electrons. The summed E-state index contributed by atoms with van der Waals surface area (Å²) in [5.74, 6) is -2.82. The van der Waals surface area contributed by atoms with Crippen molar-refractivity contribution in [1.29, 1.82) is 0 Å². The van der Waals surface area contributed by atoms with Gasteiger partial charge in [-0.1, -0.05) is 19.7 Å². The number of ketones is 3. The first kappa shape index (κ1) is 13.3. The SMILES string of the molecule is C=CC(=O)c1nc(C(=O)C=C)nc(C(=O)C=C)n1. The topological polar surface area (TPSA) is 89.9 Å². The Labute approximate surface area is 103 Å². The summed E-state index contributed by atoms with van der Waals surface area (Å²) in [6, 6.07) is 0. The Kier molecular flexibility index (Phi) is 4.09. The summed E-state index contributed by atoms with van der Waals surface area (Å²) in [7, 11) is 0. The van der Waals surface area contributed by atoms with Gasteiger partial charge < -0.3 is 0 Å². The lowest BCUT2D eigenvalue weighted by atomic mass is 10.3. The Bertz CT molecular complexity index is 483. The fraction of sp³-hybridized carbons (Fsp3) is 0. The largest absolute Gasteiger partial charge is 0.286 e. The monoisotopic (exact) mass is 243 g/mol. The van der Waals surface area contributed by atoms with Gasteiger partial charge in [0.2, 0.25) is 34.8 Å². The second-order valence-electron chi connectivity index (χ2n) is 3.01. The zero-order valence-corrected chi connectivity index (χ0v) is 9.42. The molecule has 0 N–H and O–H groups in total. The van der Waals surface area contributed by atoms with E-state index in [1.165, 1.54) is 0 Å². The Morgan fingerprint density at radius 3 is 1.06 bits per heavy atom. The lowest BCUT2D eigenvalue weighted by Crippen LogP contribution is -2.16. The van der Waals surface area contributed by atoms with Crippen LogP contribution < -0.4 is 0 Å². The molecular weight excluding hydrogens is 234 g/mol. The van der Waals surface area contributed by atoms with Crippen molar-refractivity contribution in [2.75, 3.05) is 0 Å². The van der Waals surface area contributed by atoms with E-state index in [0.29, 0.717) is 0 Å². The van der Waals surface area contributed by atoms with E-state index in [2.05, 4.69) is 34.7 Å². The second-order valence-corrected chi connectivity index (χ2v) is 3.01. The van der Waals surface area contributed by atoms with Crippen LogP contribution in [-0.4, -0.2) is 32.3 Å². The quantitative estimate of drug-likeness (QED) is 0.546. The third kappa shape index (κ3) is 2.67. The van der Waals surface area contributed by atoms with E-state index in [4.69, 9.17) is 0 Å². The van der Waals surface area contributed by atoms with Crippen LogP contribution in [0.2, 0.25) is 0 Å². The molecular formula is C12H9N3O3. The summed E-state index contributed by atoms with van der Waals surface area (Å²) < 4.78 is 0. The van der Waals surface area contributed by atoms with Gasteiger partial charge in [-0.2, -0.15) is 0 Å². The summed E-state index contributed by atoms with van der Waals surface area (Å²) in [4.78, 5) is 45.1. The van der Waals surface area contributed by atoms with E-state index < -0.39 is 17.3 Å². The normalized spacial score (nSPS) is 9.33. The first-order valence-electron chi connectivity index (χ1n) is 4.79. The number of carbonyl (C=O) groups is 3. The molecule has 0 spiro atoms. The highest BCUT2D eigenvalue weighted by molar-refractivity contribution is 6.07. The van der Waals surface area contributed by atoms with Crippen molar-refractivity contribution in [3.63, 3.8) is 0 Å². The van der Waals surface area contributed by atoms with E-state index in [1.807, 2.05) is 0 Å². The molecule has 0 saturated heterocycles. The van der Waals surface area contributed by atoms with Gasteiger partial charge >= 0.3 is 0 Å². The van der Waals surface area contributed by atoms with E-state index >= 15 is 0 Å². The van der Waals surface area contributed by atoms with Crippen LogP contribution in [0, 0.1) is 0 Å². The maximum atomic E-state index is 11.4. The van der Waals surface area contributed by atoms with E-state index in [0.717, 1.165) is 18.2 Å². The lowest BCUT2D eigenvalue weighted by Gasteiger charge is -2.01. The maximum absolute atomic E-state index is 11.4.